The maximum absolute atomic E-state index is 13.1. The molecule has 1 aromatic rings. The van der Waals surface area contributed by atoms with Crippen LogP contribution in [0.4, 0.5) is 4.39 Å². The van der Waals surface area contributed by atoms with Gasteiger partial charge in [0, 0.05) is 17.3 Å². The molecule has 3 heteroatoms. The quantitative estimate of drug-likeness (QED) is 0.805. The molecule has 0 saturated heterocycles. The molecule has 0 aliphatic heterocycles. The summed E-state index contributed by atoms with van der Waals surface area (Å²) in [6, 6.07) is 4.73. The Balaban J connectivity index is 2.08. The second-order valence-electron chi connectivity index (χ2n) is 4.44. The van der Waals surface area contributed by atoms with Gasteiger partial charge in [-0.1, -0.05) is 15.9 Å². The lowest BCUT2D eigenvalue weighted by Gasteiger charge is -2.21. The van der Waals surface area contributed by atoms with E-state index in [0.29, 0.717) is 18.1 Å². The van der Waals surface area contributed by atoms with Gasteiger partial charge in [0.1, 0.15) is 11.6 Å². The van der Waals surface area contributed by atoms with Crippen molar-refractivity contribution >= 4 is 21.7 Å². The molecule has 0 N–H and O–H groups in total. The second kappa shape index (κ2) is 5.09. The van der Waals surface area contributed by atoms with Crippen LogP contribution in [0.1, 0.15) is 31.2 Å². The van der Waals surface area contributed by atoms with Gasteiger partial charge in [0.2, 0.25) is 0 Å². The predicted octanol–water partition coefficient (Wildman–Crippen LogP) is 3.89. The van der Waals surface area contributed by atoms with Crippen LogP contribution in [-0.4, -0.2) is 5.78 Å². The first-order valence-corrected chi connectivity index (χ1v) is 6.40. The maximum Gasteiger partial charge on any atom is 0.133 e. The summed E-state index contributed by atoms with van der Waals surface area (Å²) >= 11 is 3.42. The highest BCUT2D eigenvalue weighted by molar-refractivity contribution is 9.10. The summed E-state index contributed by atoms with van der Waals surface area (Å²) in [6.45, 7) is 0. The molecule has 0 heterocycles. The number of hydrogen-bond acceptors (Lipinski definition) is 1. The Hall–Kier alpha value is -0.700. The number of carbonyl (C=O) groups excluding carboxylic acids is 1. The van der Waals surface area contributed by atoms with Gasteiger partial charge in [0.25, 0.3) is 0 Å². The number of halogens is 2. The van der Waals surface area contributed by atoms with E-state index in [1.54, 1.807) is 12.1 Å². The molecule has 0 aromatic heterocycles. The van der Waals surface area contributed by atoms with E-state index in [0.717, 1.165) is 35.7 Å². The molecule has 86 valence electrons. The van der Waals surface area contributed by atoms with E-state index in [1.165, 1.54) is 6.07 Å². The van der Waals surface area contributed by atoms with E-state index < -0.39 is 0 Å². The van der Waals surface area contributed by atoms with Crippen molar-refractivity contribution in [2.75, 3.05) is 0 Å². The zero-order valence-corrected chi connectivity index (χ0v) is 10.6. The Morgan fingerprint density at radius 2 is 2.25 bits per heavy atom. The summed E-state index contributed by atoms with van der Waals surface area (Å²) in [7, 11) is 0. The number of Topliss-reactive ketones (excluding diaryl/α,β-unsaturated/α-hetero) is 1. The lowest BCUT2D eigenvalue weighted by Crippen LogP contribution is -2.17. The number of benzene rings is 1. The van der Waals surface area contributed by atoms with Crippen molar-refractivity contribution in [3.63, 3.8) is 0 Å². The molecule has 1 saturated carbocycles. The van der Waals surface area contributed by atoms with Crippen LogP contribution in [0.2, 0.25) is 0 Å². The molecule has 16 heavy (non-hydrogen) atoms. The third kappa shape index (κ3) is 2.91. The van der Waals surface area contributed by atoms with E-state index in [1.807, 2.05) is 0 Å². The molecular formula is C13H14BrFO. The van der Waals surface area contributed by atoms with Crippen LogP contribution in [-0.2, 0) is 11.2 Å². The summed E-state index contributed by atoms with van der Waals surface area (Å²) in [5.41, 5.74) is 0.972. The van der Waals surface area contributed by atoms with Crippen molar-refractivity contribution in [2.45, 2.75) is 32.1 Å². The summed E-state index contributed by atoms with van der Waals surface area (Å²) < 4.78 is 14.0. The molecule has 1 unspecified atom stereocenters. The first-order chi connectivity index (χ1) is 7.65. The topological polar surface area (TPSA) is 17.1 Å². The molecule has 0 amide bonds. The number of ketones is 1. The van der Waals surface area contributed by atoms with Crippen molar-refractivity contribution in [1.29, 1.82) is 0 Å². The standard InChI is InChI=1S/C13H14BrFO/c14-13-5-4-11(15)8-10(13)6-9-2-1-3-12(16)7-9/h4-5,8-9H,1-3,6-7H2. The molecule has 1 aromatic carbocycles. The summed E-state index contributed by atoms with van der Waals surface area (Å²) in [6.07, 6.45) is 4.24. The zero-order valence-electron chi connectivity index (χ0n) is 9.01. The van der Waals surface area contributed by atoms with Crippen LogP contribution in [0.25, 0.3) is 0 Å². The van der Waals surface area contributed by atoms with Gasteiger partial charge in [0.15, 0.2) is 0 Å². The van der Waals surface area contributed by atoms with Crippen LogP contribution < -0.4 is 0 Å². The molecular weight excluding hydrogens is 271 g/mol. The van der Waals surface area contributed by atoms with Crippen molar-refractivity contribution in [3.8, 4) is 0 Å². The minimum atomic E-state index is -0.208. The predicted molar refractivity (Wildman–Crippen MR) is 64.8 cm³/mol. The molecule has 1 atom stereocenters. The highest BCUT2D eigenvalue weighted by Crippen LogP contribution is 2.28. The molecule has 0 spiro atoms. The number of hydrogen-bond donors (Lipinski definition) is 0. The van der Waals surface area contributed by atoms with Crippen molar-refractivity contribution in [1.82, 2.24) is 0 Å². The van der Waals surface area contributed by atoms with Gasteiger partial charge < -0.3 is 0 Å². The Kier molecular flexibility index (Phi) is 3.74. The molecule has 0 radical (unpaired) electrons. The molecule has 2 rings (SSSR count). The SMILES string of the molecule is O=C1CCCC(Cc2cc(F)ccc2Br)C1. The average Bonchev–Trinajstić information content (AvgIpc) is 2.24. The van der Waals surface area contributed by atoms with E-state index >= 15 is 0 Å². The Labute approximate surface area is 103 Å². The maximum atomic E-state index is 13.1. The highest BCUT2D eigenvalue weighted by atomic mass is 79.9. The molecule has 1 aliphatic rings. The summed E-state index contributed by atoms with van der Waals surface area (Å²) in [5, 5.41) is 0. The fourth-order valence-corrected chi connectivity index (χ4v) is 2.71. The Morgan fingerprint density at radius 3 is 3.00 bits per heavy atom. The van der Waals surface area contributed by atoms with E-state index in [4.69, 9.17) is 0 Å². The molecule has 1 aliphatic carbocycles. The van der Waals surface area contributed by atoms with Gasteiger partial charge in [0.05, 0.1) is 0 Å². The number of rotatable bonds is 2. The summed E-state index contributed by atoms with van der Waals surface area (Å²) in [5.74, 6) is 0.531. The van der Waals surface area contributed by atoms with Gasteiger partial charge in [-0.2, -0.15) is 0 Å². The normalized spacial score (nSPS) is 21.1. The Morgan fingerprint density at radius 1 is 1.44 bits per heavy atom. The average molecular weight is 285 g/mol. The van der Waals surface area contributed by atoms with E-state index in [9.17, 15) is 9.18 Å². The summed E-state index contributed by atoms with van der Waals surface area (Å²) in [4.78, 5) is 11.3. The van der Waals surface area contributed by atoms with E-state index in [-0.39, 0.29) is 5.82 Å². The minimum absolute atomic E-state index is 0.208. The minimum Gasteiger partial charge on any atom is -0.300 e. The van der Waals surface area contributed by atoms with Gasteiger partial charge in [-0.15, -0.1) is 0 Å². The van der Waals surface area contributed by atoms with Gasteiger partial charge >= 0.3 is 0 Å². The van der Waals surface area contributed by atoms with Crippen LogP contribution in [0.3, 0.4) is 0 Å². The molecule has 1 fully saturated rings. The zero-order chi connectivity index (χ0) is 11.5. The Bertz CT molecular complexity index is 403. The van der Waals surface area contributed by atoms with Gasteiger partial charge in [-0.05, 0) is 48.9 Å². The lowest BCUT2D eigenvalue weighted by molar-refractivity contribution is -0.121. The fraction of sp³-hybridized carbons (Fsp3) is 0.462. The van der Waals surface area contributed by atoms with Crippen LogP contribution >= 0.6 is 15.9 Å². The third-order valence-corrected chi connectivity index (χ3v) is 3.87. The molecule has 1 nitrogen and oxygen atoms in total. The second-order valence-corrected chi connectivity index (χ2v) is 5.30. The van der Waals surface area contributed by atoms with Gasteiger partial charge in [-0.3, -0.25) is 4.79 Å². The third-order valence-electron chi connectivity index (χ3n) is 3.10. The van der Waals surface area contributed by atoms with Crippen molar-refractivity contribution in [2.24, 2.45) is 5.92 Å². The lowest BCUT2D eigenvalue weighted by atomic mass is 9.84. The van der Waals surface area contributed by atoms with E-state index in [2.05, 4.69) is 15.9 Å². The fourth-order valence-electron chi connectivity index (χ4n) is 2.30. The largest absolute Gasteiger partial charge is 0.300 e. The molecule has 0 bridgehead atoms. The monoisotopic (exact) mass is 284 g/mol. The van der Waals surface area contributed by atoms with Crippen LogP contribution in [0, 0.1) is 11.7 Å². The first-order valence-electron chi connectivity index (χ1n) is 5.61. The smallest absolute Gasteiger partial charge is 0.133 e. The highest BCUT2D eigenvalue weighted by Gasteiger charge is 2.20. The first kappa shape index (κ1) is 11.8. The van der Waals surface area contributed by atoms with Crippen molar-refractivity contribution in [3.05, 3.63) is 34.1 Å². The van der Waals surface area contributed by atoms with Crippen molar-refractivity contribution < 1.29 is 9.18 Å². The van der Waals surface area contributed by atoms with Crippen LogP contribution in [0.5, 0.6) is 0 Å². The number of carbonyl (C=O) groups is 1. The van der Waals surface area contributed by atoms with Crippen LogP contribution in [0.15, 0.2) is 22.7 Å². The van der Waals surface area contributed by atoms with Gasteiger partial charge in [-0.25, -0.2) is 4.39 Å².